The summed E-state index contributed by atoms with van der Waals surface area (Å²) in [5, 5.41) is 3.56. The average molecular weight is 1570 g/mol. The Morgan fingerprint density at radius 3 is 1.27 bits per heavy atom. The molecule has 0 saturated carbocycles. The van der Waals surface area contributed by atoms with Gasteiger partial charge >= 0.3 is 38.4 Å². The first kappa shape index (κ1) is 93.2. The lowest BCUT2D eigenvalue weighted by Gasteiger charge is -2.36. The smallest absolute Gasteiger partial charge is 0.462 e. The van der Waals surface area contributed by atoms with Crippen molar-refractivity contribution in [2.24, 2.45) is 0 Å². The quantitative estimate of drug-likeness (QED) is 0.0187. The number of ether oxygens (including phenoxy) is 8. The normalized spacial score (nSPS) is 16.9. The highest BCUT2D eigenvalue weighted by Gasteiger charge is 2.49. The number of alkyl halides is 3. The summed E-state index contributed by atoms with van der Waals surface area (Å²) in [6, 6.07) is 18.2. The van der Waals surface area contributed by atoms with Gasteiger partial charge in [0.05, 0.1) is 59.5 Å². The molecule has 0 aromatic heterocycles. The molecule has 1 aliphatic carbocycles. The Bertz CT molecular complexity index is 3360. The van der Waals surface area contributed by atoms with Crippen LogP contribution < -0.4 is 19.5 Å². The Morgan fingerprint density at radius 1 is 0.514 bits per heavy atom. The van der Waals surface area contributed by atoms with Crippen LogP contribution in [-0.4, -0.2) is 156 Å². The molecular formula is C74H121F3N4O20P3S+. The molecule has 0 bridgehead atoms. The van der Waals surface area contributed by atoms with E-state index in [1.54, 1.807) is 27.7 Å². The van der Waals surface area contributed by atoms with Crippen LogP contribution >= 0.6 is 22.8 Å². The number of benzene rings is 3. The van der Waals surface area contributed by atoms with Crippen LogP contribution in [0.15, 0.2) is 83.7 Å². The van der Waals surface area contributed by atoms with E-state index in [-0.39, 0.29) is 52.2 Å². The third-order valence-corrected chi connectivity index (χ3v) is 22.9. The van der Waals surface area contributed by atoms with Gasteiger partial charge in [-0.05, 0) is 80.6 Å². The SMILES string of the molecule is CC1(C)OCC2=C(O1)C(CCCCNCc1cccc3c1OC(C)(C)OC3)=C[C+]=C2.CCC.CCN(CC)CC.CCOP(=O)(CN(CCN(Cc1cccc2c1OC(C)(C)OC2)CP(=O)(OCC)OCC)Cc1cccc2c1OC(C)(C)OC2)OCC.CCOP(=O)(COS(=O)(=O)C(F)(F)F)OCC. The summed E-state index contributed by atoms with van der Waals surface area (Å²) in [5.41, 5.74) is 2.78. The minimum atomic E-state index is -5.80. The van der Waals surface area contributed by atoms with Gasteiger partial charge in [-0.25, -0.2) is 0 Å². The standard InChI is InChI=1S/C34H54N2O10P2.C25H32NO4.C6H12F3O6PS.C6H15N.C3H8/c1-9-41-47(37,42-10-2)25-35(21-27-15-13-17-29-23-39-33(5,6)45-31(27)29)19-20-36(26-48(38,43-11-3)44-12-4)22-28-16-14-18-30-24-40-34(7,8)46-32(28)30;1-24(2)27-16-20-12-7-10-18(22(20)29-24)9-5-6-14-26-15-19-11-8-13-21-17-28-25(3,4)30-23(19)21;1-3-13-16(10,14-4-2)5-15-17(11,12)6(7,8)9;1-4-7(5-2)6-3;1-3-2/h13-18H,9-12,19-26H2,1-8H3;8,10-13,26H,5-6,9,14-17H2,1-4H3;3-5H2,1-2H3;4-6H2,1-3H3;3H2,1-2H3/q;+1;;;. The van der Waals surface area contributed by atoms with E-state index in [9.17, 15) is 35.3 Å². The number of rotatable bonds is 36. The van der Waals surface area contributed by atoms with E-state index in [0.29, 0.717) is 52.6 Å². The molecule has 4 aliphatic heterocycles. The third-order valence-electron chi connectivity index (χ3n) is 15.9. The van der Waals surface area contributed by atoms with Gasteiger partial charge in [-0.15, -0.1) is 0 Å². The first-order valence-electron chi connectivity index (χ1n) is 36.5. The molecule has 31 heteroatoms. The molecule has 0 fully saturated rings. The maximum absolute atomic E-state index is 13.9. The molecule has 1 N–H and O–H groups in total. The fourth-order valence-electron chi connectivity index (χ4n) is 11.0. The number of hydrogen-bond donors (Lipinski definition) is 1. The fourth-order valence-corrected chi connectivity index (χ4v) is 16.7. The largest absolute Gasteiger partial charge is 0.523 e. The highest BCUT2D eigenvalue weighted by Crippen LogP contribution is 2.52. The molecule has 598 valence electrons. The van der Waals surface area contributed by atoms with Crippen molar-refractivity contribution in [3.63, 3.8) is 0 Å². The van der Waals surface area contributed by atoms with E-state index in [4.69, 9.17) is 56.0 Å². The number of unbranched alkanes of at least 4 members (excludes halogenated alkanes) is 1. The third kappa shape index (κ3) is 31.6. The van der Waals surface area contributed by atoms with Gasteiger partial charge in [0.2, 0.25) is 28.9 Å². The number of allylic oxidation sites excluding steroid dienone is 3. The highest BCUT2D eigenvalue weighted by molar-refractivity contribution is 7.87. The van der Waals surface area contributed by atoms with Gasteiger partial charge in [-0.1, -0.05) is 95.6 Å². The fraction of sp³-hybridized carbons (Fsp3) is 0.676. The maximum Gasteiger partial charge on any atom is 0.523 e. The molecule has 0 amide bonds. The van der Waals surface area contributed by atoms with E-state index >= 15 is 0 Å². The molecule has 24 nitrogen and oxygen atoms in total. The van der Waals surface area contributed by atoms with Crippen LogP contribution in [0.2, 0.25) is 0 Å². The minimum absolute atomic E-state index is 0.0516. The van der Waals surface area contributed by atoms with Crippen LogP contribution in [0.3, 0.4) is 0 Å². The first-order chi connectivity index (χ1) is 49.4. The van der Waals surface area contributed by atoms with Crippen LogP contribution in [-0.2, 0) is 118 Å². The molecule has 3 aromatic rings. The van der Waals surface area contributed by atoms with Gasteiger partial charge in [0.1, 0.15) is 59.7 Å². The summed E-state index contributed by atoms with van der Waals surface area (Å²) in [4.78, 5) is 6.46. The number of nitrogens with zero attached hydrogens (tertiary/aromatic N) is 3. The van der Waals surface area contributed by atoms with Crippen molar-refractivity contribution in [1.82, 2.24) is 20.0 Å². The number of fused-ring (bicyclic) bond motifs is 3. The molecule has 105 heavy (non-hydrogen) atoms. The lowest BCUT2D eigenvalue weighted by Crippen LogP contribution is -2.39. The van der Waals surface area contributed by atoms with Crippen molar-refractivity contribution in [2.75, 3.05) is 104 Å². The molecular weight excluding hydrogens is 1450 g/mol. The van der Waals surface area contributed by atoms with Crippen molar-refractivity contribution in [3.8, 4) is 17.2 Å². The van der Waals surface area contributed by atoms with Crippen LogP contribution in [0.25, 0.3) is 0 Å². The molecule has 8 rings (SSSR count). The molecule has 3 aromatic carbocycles. The summed E-state index contributed by atoms with van der Waals surface area (Å²) in [6.45, 7) is 46.0. The zero-order chi connectivity index (χ0) is 78.3. The zero-order valence-corrected chi connectivity index (χ0v) is 69.1. The predicted octanol–water partition coefficient (Wildman–Crippen LogP) is 17.5. The molecule has 0 atom stereocenters. The van der Waals surface area contributed by atoms with Gasteiger partial charge in [-0.2, -0.15) is 21.6 Å². The molecule has 0 saturated heterocycles. The Labute approximate surface area is 624 Å². The molecule has 4 heterocycles. The average Bonchev–Trinajstić information content (AvgIpc) is 0.809. The van der Waals surface area contributed by atoms with Crippen LogP contribution in [0.5, 0.6) is 17.2 Å². The second-order valence-electron chi connectivity index (χ2n) is 26.5. The van der Waals surface area contributed by atoms with Gasteiger partial charge in [0, 0.05) is 134 Å². The van der Waals surface area contributed by atoms with E-state index in [2.05, 4.69) is 82.3 Å². The van der Waals surface area contributed by atoms with Gasteiger partial charge in [0.25, 0.3) is 0 Å². The highest BCUT2D eigenvalue weighted by atomic mass is 32.2. The van der Waals surface area contributed by atoms with Crippen molar-refractivity contribution in [1.29, 1.82) is 0 Å². The second kappa shape index (κ2) is 44.0. The monoisotopic (exact) mass is 1570 g/mol. The number of para-hydroxylation sites is 3. The van der Waals surface area contributed by atoms with Crippen LogP contribution in [0.4, 0.5) is 13.2 Å². The summed E-state index contributed by atoms with van der Waals surface area (Å²) in [6.07, 6.45) is 10.4. The van der Waals surface area contributed by atoms with Crippen LogP contribution in [0, 0.1) is 6.08 Å². The van der Waals surface area contributed by atoms with E-state index < -0.39 is 67.9 Å². The Hall–Kier alpha value is -4.18. The summed E-state index contributed by atoms with van der Waals surface area (Å²) >= 11 is 0. The Kier molecular flexibility index (Phi) is 39.1. The minimum Gasteiger partial charge on any atom is -0.462 e. The summed E-state index contributed by atoms with van der Waals surface area (Å²) in [7, 11) is -16.7. The topological polar surface area (TPSA) is 246 Å². The lowest BCUT2D eigenvalue weighted by molar-refractivity contribution is -0.197. The zero-order valence-electron chi connectivity index (χ0n) is 65.6. The second-order valence-corrected chi connectivity index (χ2v) is 34.2. The summed E-state index contributed by atoms with van der Waals surface area (Å²) in [5.74, 6) is 0.754. The molecule has 0 unspecified atom stereocenters. The predicted molar refractivity (Wildman–Crippen MR) is 401 cm³/mol. The van der Waals surface area contributed by atoms with E-state index in [1.165, 1.54) is 51.0 Å². The first-order valence-corrected chi connectivity index (χ1v) is 43.1. The van der Waals surface area contributed by atoms with Crippen molar-refractivity contribution >= 4 is 32.9 Å². The molecule has 0 spiro atoms. The van der Waals surface area contributed by atoms with Gasteiger partial charge in [0.15, 0.2) is 6.35 Å². The molecule has 0 radical (unpaired) electrons. The van der Waals surface area contributed by atoms with E-state index in [0.717, 1.165) is 88.8 Å². The van der Waals surface area contributed by atoms with E-state index in [1.807, 2.05) is 114 Å². The van der Waals surface area contributed by atoms with Gasteiger partial charge < -0.3 is 75.3 Å². The van der Waals surface area contributed by atoms with Crippen LogP contribution in [0.1, 0.15) is 191 Å². The van der Waals surface area contributed by atoms with Gasteiger partial charge in [-0.3, -0.25) is 27.7 Å². The lowest BCUT2D eigenvalue weighted by atomic mass is 9.97. The summed E-state index contributed by atoms with van der Waals surface area (Å²) < 4.78 is 180. The Balaban J connectivity index is 0.000000345. The maximum atomic E-state index is 13.9. The van der Waals surface area contributed by atoms with Crippen molar-refractivity contribution < 1.29 is 105 Å². The van der Waals surface area contributed by atoms with Crippen molar-refractivity contribution in [3.05, 3.63) is 123 Å². The molecule has 5 aliphatic rings. The Morgan fingerprint density at radius 2 is 0.886 bits per heavy atom. The number of nitrogens with one attached hydrogen (secondary N) is 1. The van der Waals surface area contributed by atoms with Crippen molar-refractivity contribution in [2.45, 2.75) is 225 Å². The number of hydrogen-bond acceptors (Lipinski definition) is 24. The number of halogens is 3.